The third-order valence-electron chi connectivity index (χ3n) is 8.41. The SMILES string of the molecule is COc1ccccc1N1CCN(C(c2cc3ccc(C)c(C)c3[nH]c2=O)c2nnnn2C2CCCC2)CC1. The Balaban J connectivity index is 1.40. The number of H-pyrrole nitrogens is 1. The summed E-state index contributed by atoms with van der Waals surface area (Å²) >= 11 is 0. The van der Waals surface area contributed by atoms with Crippen LogP contribution >= 0.6 is 0 Å². The lowest BCUT2D eigenvalue weighted by Gasteiger charge is -2.40. The fourth-order valence-electron chi connectivity index (χ4n) is 6.15. The van der Waals surface area contributed by atoms with Crippen molar-refractivity contribution in [3.63, 3.8) is 0 Å². The van der Waals surface area contributed by atoms with E-state index in [1.807, 2.05) is 28.9 Å². The van der Waals surface area contributed by atoms with Gasteiger partial charge in [0.2, 0.25) is 0 Å². The van der Waals surface area contributed by atoms with Gasteiger partial charge in [-0.05, 0) is 71.8 Å². The smallest absolute Gasteiger partial charge is 0.253 e. The summed E-state index contributed by atoms with van der Waals surface area (Å²) in [4.78, 5) is 21.6. The number of rotatable bonds is 6. The largest absolute Gasteiger partial charge is 0.495 e. The van der Waals surface area contributed by atoms with Crippen LogP contribution in [0.5, 0.6) is 5.75 Å². The molecule has 2 fully saturated rings. The van der Waals surface area contributed by atoms with Gasteiger partial charge in [-0.25, -0.2) is 4.68 Å². The minimum atomic E-state index is -0.333. The number of aryl methyl sites for hydroxylation is 2. The number of pyridine rings is 1. The van der Waals surface area contributed by atoms with E-state index in [-0.39, 0.29) is 17.6 Å². The molecular weight excluding hydrogens is 478 g/mol. The lowest BCUT2D eigenvalue weighted by Crippen LogP contribution is -2.49. The van der Waals surface area contributed by atoms with Crippen molar-refractivity contribution in [1.82, 2.24) is 30.1 Å². The van der Waals surface area contributed by atoms with Gasteiger partial charge in [-0.2, -0.15) is 0 Å². The van der Waals surface area contributed by atoms with E-state index < -0.39 is 0 Å². The average molecular weight is 514 g/mol. The van der Waals surface area contributed by atoms with Crippen LogP contribution in [-0.2, 0) is 0 Å². The summed E-state index contributed by atoms with van der Waals surface area (Å²) in [5, 5.41) is 14.1. The Morgan fingerprint density at radius 2 is 1.79 bits per heavy atom. The van der Waals surface area contributed by atoms with Crippen LogP contribution in [-0.4, -0.2) is 63.4 Å². The van der Waals surface area contributed by atoms with Crippen molar-refractivity contribution in [1.29, 1.82) is 0 Å². The van der Waals surface area contributed by atoms with Gasteiger partial charge in [-0.1, -0.05) is 37.1 Å². The molecule has 2 aromatic carbocycles. The molecule has 3 heterocycles. The van der Waals surface area contributed by atoms with Gasteiger partial charge >= 0.3 is 0 Å². The van der Waals surface area contributed by atoms with Gasteiger partial charge in [-0.3, -0.25) is 9.69 Å². The second-order valence-electron chi connectivity index (χ2n) is 10.5. The van der Waals surface area contributed by atoms with Gasteiger partial charge in [0, 0.05) is 31.7 Å². The number of tetrazole rings is 1. The minimum absolute atomic E-state index is 0.0793. The molecule has 4 aromatic rings. The maximum absolute atomic E-state index is 13.7. The molecule has 1 saturated carbocycles. The molecule has 0 radical (unpaired) electrons. The second-order valence-corrected chi connectivity index (χ2v) is 10.5. The van der Waals surface area contributed by atoms with Gasteiger partial charge in [0.1, 0.15) is 11.8 Å². The Kier molecular flexibility index (Phi) is 6.61. The van der Waals surface area contributed by atoms with E-state index in [2.05, 4.69) is 62.4 Å². The van der Waals surface area contributed by atoms with Crippen LogP contribution in [0.1, 0.15) is 60.3 Å². The van der Waals surface area contributed by atoms with Crippen LogP contribution < -0.4 is 15.2 Å². The quantitative estimate of drug-likeness (QED) is 0.414. The van der Waals surface area contributed by atoms with Crippen LogP contribution in [0.15, 0.2) is 47.3 Å². The number of nitrogens with one attached hydrogen (secondary N) is 1. The number of fused-ring (bicyclic) bond motifs is 1. The highest BCUT2D eigenvalue weighted by molar-refractivity contribution is 5.83. The number of aromatic nitrogens is 5. The number of methoxy groups -OCH3 is 1. The van der Waals surface area contributed by atoms with Crippen LogP contribution in [0, 0.1) is 13.8 Å². The standard InChI is InChI=1S/C29H35N7O2/c1-19-12-13-21-18-23(29(37)30-26(21)20(19)2)27(28-31-32-33-36(28)22-8-4-5-9-22)35-16-14-34(15-17-35)24-10-6-7-11-25(24)38-3/h6-7,10-13,18,22,27H,4-5,8-9,14-17H2,1-3H3,(H,30,37). The summed E-state index contributed by atoms with van der Waals surface area (Å²) < 4.78 is 7.61. The van der Waals surface area contributed by atoms with E-state index in [1.54, 1.807) is 7.11 Å². The molecule has 1 N–H and O–H groups in total. The number of benzene rings is 2. The Morgan fingerprint density at radius 1 is 1.03 bits per heavy atom. The summed E-state index contributed by atoms with van der Waals surface area (Å²) in [5.74, 6) is 1.63. The minimum Gasteiger partial charge on any atom is -0.495 e. The third-order valence-corrected chi connectivity index (χ3v) is 8.41. The van der Waals surface area contributed by atoms with E-state index in [1.165, 1.54) is 12.8 Å². The monoisotopic (exact) mass is 513 g/mol. The lowest BCUT2D eigenvalue weighted by atomic mass is 9.99. The van der Waals surface area contributed by atoms with Crippen molar-refractivity contribution in [2.24, 2.45) is 0 Å². The Labute approximate surface area is 222 Å². The van der Waals surface area contributed by atoms with Crippen molar-refractivity contribution in [2.75, 3.05) is 38.2 Å². The molecule has 1 saturated heterocycles. The molecule has 38 heavy (non-hydrogen) atoms. The Morgan fingerprint density at radius 3 is 2.55 bits per heavy atom. The number of anilines is 1. The maximum Gasteiger partial charge on any atom is 0.253 e. The van der Waals surface area contributed by atoms with E-state index in [0.29, 0.717) is 5.56 Å². The lowest BCUT2D eigenvalue weighted by molar-refractivity contribution is 0.196. The van der Waals surface area contributed by atoms with Gasteiger partial charge < -0.3 is 14.6 Å². The van der Waals surface area contributed by atoms with Crippen LogP contribution in [0.25, 0.3) is 10.9 Å². The van der Waals surface area contributed by atoms with Crippen molar-refractivity contribution in [3.05, 3.63) is 75.3 Å². The molecule has 6 rings (SSSR count). The summed E-state index contributed by atoms with van der Waals surface area (Å²) in [5.41, 5.74) is 4.87. The average Bonchev–Trinajstić information content (AvgIpc) is 3.65. The van der Waals surface area contributed by atoms with Gasteiger partial charge in [0.05, 0.1) is 24.4 Å². The Hall–Kier alpha value is -3.72. The van der Waals surface area contributed by atoms with Crippen molar-refractivity contribution < 1.29 is 4.74 Å². The van der Waals surface area contributed by atoms with Crippen LogP contribution in [0.2, 0.25) is 0 Å². The topological polar surface area (TPSA) is 92.2 Å². The Bertz CT molecular complexity index is 1500. The maximum atomic E-state index is 13.7. The van der Waals surface area contributed by atoms with E-state index in [0.717, 1.165) is 78.3 Å². The van der Waals surface area contributed by atoms with E-state index in [4.69, 9.17) is 4.74 Å². The number of nitrogens with zero attached hydrogens (tertiary/aromatic N) is 6. The van der Waals surface area contributed by atoms with Gasteiger partial charge in [-0.15, -0.1) is 5.10 Å². The van der Waals surface area contributed by atoms with Crippen molar-refractivity contribution in [2.45, 2.75) is 51.6 Å². The molecule has 0 amide bonds. The third kappa shape index (κ3) is 4.34. The fraction of sp³-hybridized carbons (Fsp3) is 0.448. The molecule has 1 unspecified atom stereocenters. The number of ether oxygens (including phenoxy) is 1. The molecule has 0 spiro atoms. The molecule has 9 nitrogen and oxygen atoms in total. The van der Waals surface area contributed by atoms with Crippen LogP contribution in [0.4, 0.5) is 5.69 Å². The zero-order valence-electron chi connectivity index (χ0n) is 22.4. The molecule has 198 valence electrons. The summed E-state index contributed by atoms with van der Waals surface area (Å²) in [6.07, 6.45) is 4.50. The first-order valence-corrected chi connectivity index (χ1v) is 13.6. The van der Waals surface area contributed by atoms with E-state index >= 15 is 0 Å². The molecule has 9 heteroatoms. The molecule has 2 aromatic heterocycles. The molecule has 1 aliphatic carbocycles. The normalized spacial score (nSPS) is 17.8. The first kappa shape index (κ1) is 24.6. The van der Waals surface area contributed by atoms with E-state index in [9.17, 15) is 4.79 Å². The van der Waals surface area contributed by atoms with Gasteiger partial charge in [0.25, 0.3) is 5.56 Å². The number of para-hydroxylation sites is 2. The highest BCUT2D eigenvalue weighted by Crippen LogP contribution is 2.35. The molecule has 2 aliphatic rings. The number of aromatic amines is 1. The number of hydrogen-bond donors (Lipinski definition) is 1. The van der Waals surface area contributed by atoms with Crippen molar-refractivity contribution in [3.8, 4) is 5.75 Å². The first-order valence-electron chi connectivity index (χ1n) is 13.6. The van der Waals surface area contributed by atoms with Gasteiger partial charge in [0.15, 0.2) is 5.82 Å². The first-order chi connectivity index (χ1) is 18.5. The summed E-state index contributed by atoms with van der Waals surface area (Å²) in [6, 6.07) is 14.3. The molecule has 1 aliphatic heterocycles. The predicted octanol–water partition coefficient (Wildman–Crippen LogP) is 4.17. The molecule has 1 atom stereocenters. The summed E-state index contributed by atoms with van der Waals surface area (Å²) in [7, 11) is 1.71. The zero-order valence-corrected chi connectivity index (χ0v) is 22.4. The van der Waals surface area contributed by atoms with Crippen molar-refractivity contribution >= 4 is 16.6 Å². The van der Waals surface area contributed by atoms with Crippen LogP contribution in [0.3, 0.4) is 0 Å². The zero-order chi connectivity index (χ0) is 26.2. The number of hydrogen-bond acceptors (Lipinski definition) is 7. The number of piperazine rings is 1. The fourth-order valence-corrected chi connectivity index (χ4v) is 6.15. The predicted molar refractivity (Wildman–Crippen MR) is 148 cm³/mol. The molecule has 0 bridgehead atoms. The second kappa shape index (κ2) is 10.2. The summed E-state index contributed by atoms with van der Waals surface area (Å²) in [6.45, 7) is 7.29. The highest BCUT2D eigenvalue weighted by atomic mass is 16.5. The highest BCUT2D eigenvalue weighted by Gasteiger charge is 2.35. The molecular formula is C29H35N7O2.